The van der Waals surface area contributed by atoms with Crippen LogP contribution in [0.1, 0.15) is 84.9 Å². The van der Waals surface area contributed by atoms with E-state index in [4.69, 9.17) is 0 Å². The number of aromatic nitrogens is 1. The topological polar surface area (TPSA) is 79.6 Å². The summed E-state index contributed by atoms with van der Waals surface area (Å²) in [6, 6.07) is 6.97. The van der Waals surface area contributed by atoms with Crippen molar-refractivity contribution in [1.29, 1.82) is 0 Å². The Kier molecular flexibility index (Phi) is 10.6. The molecule has 0 aliphatic carbocycles. The number of Topliss-reactive ketones (excluding diaryl/α,β-unsaturated/α-hetero) is 1. The molecule has 236 valence electrons. The van der Waals surface area contributed by atoms with Crippen LogP contribution < -0.4 is 5.56 Å². The van der Waals surface area contributed by atoms with Crippen molar-refractivity contribution in [2.75, 3.05) is 19.6 Å². The van der Waals surface area contributed by atoms with Gasteiger partial charge >= 0.3 is 5.97 Å². The van der Waals surface area contributed by atoms with Crippen molar-refractivity contribution in [2.24, 2.45) is 5.92 Å². The van der Waals surface area contributed by atoms with E-state index in [-0.39, 0.29) is 34.8 Å². The average Bonchev–Trinajstić information content (AvgIpc) is 2.91. The summed E-state index contributed by atoms with van der Waals surface area (Å²) in [5.74, 6) is -3.36. The van der Waals surface area contributed by atoms with Crippen molar-refractivity contribution in [3.05, 3.63) is 91.9 Å². The number of rotatable bonds is 13. The third-order valence-electron chi connectivity index (χ3n) is 8.93. The molecule has 1 aromatic heterocycles. The van der Waals surface area contributed by atoms with Gasteiger partial charge in [0, 0.05) is 31.1 Å². The van der Waals surface area contributed by atoms with Crippen LogP contribution >= 0.6 is 0 Å². The highest BCUT2D eigenvalue weighted by Gasteiger charge is 2.30. The number of pyridine rings is 1. The van der Waals surface area contributed by atoms with Crippen LogP contribution in [0.2, 0.25) is 0 Å². The molecule has 2 aromatic carbocycles. The summed E-state index contributed by atoms with van der Waals surface area (Å²) in [4.78, 5) is 41.7. The molecule has 0 amide bonds. The Bertz CT molecular complexity index is 1610. The quantitative estimate of drug-likeness (QED) is 0.225. The van der Waals surface area contributed by atoms with Crippen molar-refractivity contribution in [2.45, 2.75) is 85.6 Å². The number of ketones is 1. The lowest BCUT2D eigenvalue weighted by Gasteiger charge is -2.31. The molecular weight excluding hydrogens is 562 g/mol. The highest BCUT2D eigenvalue weighted by Crippen LogP contribution is 2.37. The smallest absolute Gasteiger partial charge is 0.303 e. The second kappa shape index (κ2) is 14.0. The van der Waals surface area contributed by atoms with E-state index in [0.29, 0.717) is 23.1 Å². The summed E-state index contributed by atoms with van der Waals surface area (Å²) >= 11 is 0. The van der Waals surface area contributed by atoms with Crippen molar-refractivity contribution in [3.8, 4) is 11.1 Å². The molecule has 0 bridgehead atoms. The molecule has 0 saturated carbocycles. The highest BCUT2D eigenvalue weighted by atomic mass is 19.1. The summed E-state index contributed by atoms with van der Waals surface area (Å²) in [5, 5.41) is 9.83. The molecule has 2 atom stereocenters. The number of hydrogen-bond acceptors (Lipinski definition) is 4. The third kappa shape index (κ3) is 7.52. The Morgan fingerprint density at radius 3 is 2.27 bits per heavy atom. The molecule has 6 nitrogen and oxygen atoms in total. The van der Waals surface area contributed by atoms with Crippen LogP contribution in [0.15, 0.2) is 41.3 Å². The predicted octanol–water partition coefficient (Wildman–Crippen LogP) is 7.08. The minimum absolute atomic E-state index is 0.0702. The van der Waals surface area contributed by atoms with Crippen LogP contribution in [0.5, 0.6) is 0 Å². The third-order valence-corrected chi connectivity index (χ3v) is 8.93. The minimum atomic E-state index is -1.16. The first kappa shape index (κ1) is 33.2. The summed E-state index contributed by atoms with van der Waals surface area (Å²) in [7, 11) is 0. The molecule has 0 spiro atoms. The van der Waals surface area contributed by atoms with Crippen LogP contribution in [0.4, 0.5) is 8.78 Å². The highest BCUT2D eigenvalue weighted by molar-refractivity contribution is 5.84. The Morgan fingerprint density at radius 1 is 0.955 bits per heavy atom. The lowest BCUT2D eigenvalue weighted by Crippen LogP contribution is -2.38. The average molecular weight is 607 g/mol. The number of aliphatic carboxylic acids is 1. The molecule has 44 heavy (non-hydrogen) atoms. The van der Waals surface area contributed by atoms with E-state index in [1.54, 1.807) is 44.3 Å². The van der Waals surface area contributed by atoms with E-state index >= 15 is 4.39 Å². The molecule has 8 heteroatoms. The number of aryl methyl sites for hydroxylation is 3. The van der Waals surface area contributed by atoms with Gasteiger partial charge in [-0.1, -0.05) is 19.9 Å². The van der Waals surface area contributed by atoms with Crippen molar-refractivity contribution in [1.82, 2.24) is 9.47 Å². The largest absolute Gasteiger partial charge is 0.481 e. The fourth-order valence-corrected chi connectivity index (χ4v) is 6.31. The van der Waals surface area contributed by atoms with Gasteiger partial charge in [0.15, 0.2) is 5.78 Å². The predicted molar refractivity (Wildman–Crippen MR) is 169 cm³/mol. The number of carbonyl (C=O) groups excluding carboxylic acids is 1. The second-order valence-electron chi connectivity index (χ2n) is 12.8. The molecule has 1 aliphatic heterocycles. The molecule has 1 unspecified atom stereocenters. The normalized spacial score (nSPS) is 14.8. The maximum absolute atomic E-state index is 15.8. The van der Waals surface area contributed by atoms with Gasteiger partial charge in [-0.05, 0) is 129 Å². The van der Waals surface area contributed by atoms with Crippen molar-refractivity contribution in [3.63, 3.8) is 0 Å². The van der Waals surface area contributed by atoms with E-state index in [2.05, 4.69) is 4.90 Å². The Morgan fingerprint density at radius 2 is 1.66 bits per heavy atom. The molecule has 0 radical (unpaired) electrons. The van der Waals surface area contributed by atoms with Gasteiger partial charge in [0.05, 0.1) is 12.5 Å². The molecular formula is C36H44F2N2O4. The van der Waals surface area contributed by atoms with Crippen LogP contribution in [0.3, 0.4) is 0 Å². The minimum Gasteiger partial charge on any atom is -0.481 e. The van der Waals surface area contributed by atoms with Crippen molar-refractivity contribution < 1.29 is 23.5 Å². The molecule has 1 fully saturated rings. The van der Waals surface area contributed by atoms with Crippen LogP contribution in [-0.2, 0) is 16.0 Å². The van der Waals surface area contributed by atoms with Gasteiger partial charge in [-0.25, -0.2) is 8.78 Å². The molecule has 1 saturated heterocycles. The Hall–Kier alpha value is -3.65. The van der Waals surface area contributed by atoms with E-state index in [0.717, 1.165) is 42.7 Å². The number of carboxylic acid groups (broad SMARTS) is 1. The van der Waals surface area contributed by atoms with E-state index in [1.807, 2.05) is 27.7 Å². The first-order chi connectivity index (χ1) is 20.8. The van der Waals surface area contributed by atoms with Gasteiger partial charge in [-0.3, -0.25) is 14.4 Å². The van der Waals surface area contributed by atoms with Gasteiger partial charge in [0.1, 0.15) is 11.6 Å². The van der Waals surface area contributed by atoms with Gasteiger partial charge in [-0.15, -0.1) is 0 Å². The first-order valence-electron chi connectivity index (χ1n) is 15.5. The van der Waals surface area contributed by atoms with Gasteiger partial charge < -0.3 is 14.6 Å². The van der Waals surface area contributed by atoms with Crippen LogP contribution in [0, 0.1) is 45.2 Å². The summed E-state index contributed by atoms with van der Waals surface area (Å²) in [5.41, 5.74) is 4.36. The zero-order valence-corrected chi connectivity index (χ0v) is 26.7. The number of carboxylic acids is 1. The lowest BCUT2D eigenvalue weighted by atomic mass is 9.84. The summed E-state index contributed by atoms with van der Waals surface area (Å²) < 4.78 is 31.8. The fraction of sp³-hybridized carbons (Fsp3) is 0.472. The SMILES string of the molecule is Cc1cc(=O)n(C(CC(C)C)C(=O)C[C@@H](CC(=O)O)c2cc(-c3c(C)ccc(F)c3C)cc(C)c2F)cc1CCN1CCC1. The number of hydrogen-bond donors (Lipinski definition) is 1. The van der Waals surface area contributed by atoms with Crippen LogP contribution in [-0.4, -0.2) is 46.0 Å². The number of halogens is 2. The summed E-state index contributed by atoms with van der Waals surface area (Å²) in [6.07, 6.45) is 3.39. The molecule has 2 heterocycles. The van der Waals surface area contributed by atoms with E-state index < -0.39 is 36.0 Å². The van der Waals surface area contributed by atoms with Crippen molar-refractivity contribution >= 4 is 11.8 Å². The molecule has 1 N–H and O–H groups in total. The van der Waals surface area contributed by atoms with Gasteiger partial charge in [-0.2, -0.15) is 0 Å². The molecule has 3 aromatic rings. The standard InChI is InChI=1S/C36H44F2N2O4/c1-21(2)14-31(40-20-26(23(4)16-33(40)42)10-13-39-11-7-12-39)32(41)18-27(19-34(43)44)29-17-28(15-24(5)36(29)38)35-22(3)8-9-30(37)25(35)6/h8-9,15-17,20-21,27,31H,7,10-14,18-19H2,1-6H3,(H,43,44)/t27-,31?/m0/s1. The Balaban J connectivity index is 1.74. The number of nitrogens with zero attached hydrogens (tertiary/aromatic N) is 2. The molecule has 1 aliphatic rings. The van der Waals surface area contributed by atoms with Gasteiger partial charge in [0.2, 0.25) is 0 Å². The van der Waals surface area contributed by atoms with E-state index in [1.165, 1.54) is 17.1 Å². The molecule has 4 rings (SSSR count). The first-order valence-corrected chi connectivity index (χ1v) is 15.5. The second-order valence-corrected chi connectivity index (χ2v) is 12.8. The number of benzene rings is 2. The maximum Gasteiger partial charge on any atom is 0.303 e. The zero-order chi connectivity index (χ0) is 32.3. The monoisotopic (exact) mass is 606 g/mol. The Labute approximate surface area is 258 Å². The lowest BCUT2D eigenvalue weighted by molar-refractivity contribution is -0.137. The number of likely N-dealkylation sites (tertiary alicyclic amines) is 1. The van der Waals surface area contributed by atoms with E-state index in [9.17, 15) is 23.9 Å². The zero-order valence-electron chi connectivity index (χ0n) is 26.7. The maximum atomic E-state index is 15.8. The summed E-state index contributed by atoms with van der Waals surface area (Å²) in [6.45, 7) is 13.9. The van der Waals surface area contributed by atoms with Crippen LogP contribution in [0.25, 0.3) is 11.1 Å². The fourth-order valence-electron chi connectivity index (χ4n) is 6.31. The van der Waals surface area contributed by atoms with Gasteiger partial charge in [0.25, 0.3) is 5.56 Å². The number of carbonyl (C=O) groups is 2.